The van der Waals surface area contributed by atoms with Gasteiger partial charge in [-0.2, -0.15) is 0 Å². The second kappa shape index (κ2) is 4.17. The highest BCUT2D eigenvalue weighted by Crippen LogP contribution is 2.61. The summed E-state index contributed by atoms with van der Waals surface area (Å²) in [7, 11) is 0. The van der Waals surface area contributed by atoms with Crippen molar-refractivity contribution in [2.24, 2.45) is 28.7 Å². The predicted octanol–water partition coefficient (Wildman–Crippen LogP) is 1.10. The lowest BCUT2D eigenvalue weighted by Crippen LogP contribution is -2.49. The normalized spacial score (nSPS) is 29.1. The maximum absolute atomic E-state index is 11.2. The van der Waals surface area contributed by atoms with Gasteiger partial charge in [0.1, 0.15) is 0 Å². The minimum atomic E-state index is -0.331. The average Bonchev–Trinajstić information content (AvgIpc) is 2.54. The molecule has 0 aliphatic heterocycles. The number of fused-ring (bicyclic) bond motifs is 1. The maximum Gasteiger partial charge on any atom is 0.218 e. The first-order chi connectivity index (χ1) is 7.97. The zero-order valence-electron chi connectivity index (χ0n) is 10.2. The summed E-state index contributed by atoms with van der Waals surface area (Å²) >= 11 is 0. The average molecular weight is 236 g/mol. The van der Waals surface area contributed by atoms with Crippen molar-refractivity contribution < 1.29 is 9.59 Å². The van der Waals surface area contributed by atoms with Gasteiger partial charge >= 0.3 is 0 Å². The Kier molecular flexibility index (Phi) is 2.98. The fraction of sp³-hybridized carbons (Fsp3) is 0.692. The van der Waals surface area contributed by atoms with Gasteiger partial charge < -0.3 is 11.5 Å². The van der Waals surface area contributed by atoms with Crippen molar-refractivity contribution in [3.63, 3.8) is 0 Å². The van der Waals surface area contributed by atoms with Crippen LogP contribution >= 0.6 is 0 Å². The Balaban J connectivity index is 2.17. The van der Waals surface area contributed by atoms with E-state index in [2.05, 4.69) is 13.0 Å². The van der Waals surface area contributed by atoms with Crippen LogP contribution in [0.3, 0.4) is 0 Å². The minimum Gasteiger partial charge on any atom is -0.370 e. The summed E-state index contributed by atoms with van der Waals surface area (Å²) in [5.41, 5.74) is 11.8. The number of rotatable bonds is 5. The molecule has 2 rings (SSSR count). The van der Waals surface area contributed by atoms with Crippen LogP contribution in [0.2, 0.25) is 0 Å². The van der Waals surface area contributed by atoms with E-state index >= 15 is 0 Å². The maximum atomic E-state index is 11.2. The highest BCUT2D eigenvalue weighted by Gasteiger charge is 2.55. The van der Waals surface area contributed by atoms with Crippen molar-refractivity contribution in [3.8, 4) is 0 Å². The topological polar surface area (TPSA) is 86.2 Å². The molecule has 2 amide bonds. The molecule has 2 aliphatic carbocycles. The largest absolute Gasteiger partial charge is 0.370 e. The number of nitrogens with two attached hydrogens (primary N) is 2. The van der Waals surface area contributed by atoms with E-state index in [1.165, 1.54) is 5.57 Å². The smallest absolute Gasteiger partial charge is 0.218 e. The molecule has 1 saturated carbocycles. The van der Waals surface area contributed by atoms with Crippen LogP contribution in [0.1, 0.15) is 39.0 Å². The van der Waals surface area contributed by atoms with Gasteiger partial charge in [0.2, 0.25) is 11.8 Å². The highest BCUT2D eigenvalue weighted by atomic mass is 16.1. The SMILES string of the molecule is CCC1=C[C@@H]2[C@H](C1)CC2(CC(N)=O)CC(N)=O. The Hall–Kier alpha value is -1.32. The first-order valence-electron chi connectivity index (χ1n) is 6.23. The van der Waals surface area contributed by atoms with E-state index in [4.69, 9.17) is 11.5 Å². The zero-order chi connectivity index (χ0) is 12.6. The number of amides is 2. The van der Waals surface area contributed by atoms with Gasteiger partial charge in [-0.05, 0) is 36.5 Å². The monoisotopic (exact) mass is 236 g/mol. The Morgan fingerprint density at radius 3 is 2.41 bits per heavy atom. The van der Waals surface area contributed by atoms with Crippen LogP contribution < -0.4 is 11.5 Å². The Morgan fingerprint density at radius 1 is 1.35 bits per heavy atom. The summed E-state index contributed by atoms with van der Waals surface area (Å²) < 4.78 is 0. The molecule has 4 nitrogen and oxygen atoms in total. The third-order valence-corrected chi connectivity index (χ3v) is 4.33. The molecule has 94 valence electrons. The minimum absolute atomic E-state index is 0.279. The molecule has 0 bridgehead atoms. The number of carbonyl (C=O) groups excluding carboxylic acids is 2. The van der Waals surface area contributed by atoms with Crippen LogP contribution in [0.15, 0.2) is 11.6 Å². The molecule has 0 spiro atoms. The molecule has 0 heterocycles. The van der Waals surface area contributed by atoms with Gasteiger partial charge in [-0.3, -0.25) is 9.59 Å². The fourth-order valence-corrected chi connectivity index (χ4v) is 3.69. The molecular formula is C13H20N2O2. The molecule has 4 heteroatoms. The number of allylic oxidation sites excluding steroid dienone is 2. The lowest BCUT2D eigenvalue weighted by Gasteiger charge is -2.51. The molecule has 0 unspecified atom stereocenters. The quantitative estimate of drug-likeness (QED) is 0.700. The molecule has 4 N–H and O–H groups in total. The number of carbonyl (C=O) groups is 2. The van der Waals surface area contributed by atoms with Gasteiger partial charge in [0, 0.05) is 12.8 Å². The summed E-state index contributed by atoms with van der Waals surface area (Å²) in [6.45, 7) is 2.14. The Labute approximate surface area is 101 Å². The number of hydrogen-bond donors (Lipinski definition) is 2. The molecule has 0 aromatic rings. The van der Waals surface area contributed by atoms with Gasteiger partial charge in [0.05, 0.1) is 0 Å². The lowest BCUT2D eigenvalue weighted by atomic mass is 9.52. The molecule has 0 aromatic heterocycles. The lowest BCUT2D eigenvalue weighted by molar-refractivity contribution is -0.131. The van der Waals surface area contributed by atoms with E-state index in [1.807, 2.05) is 0 Å². The van der Waals surface area contributed by atoms with Crippen LogP contribution in [0.4, 0.5) is 0 Å². The zero-order valence-corrected chi connectivity index (χ0v) is 10.2. The fourth-order valence-electron chi connectivity index (χ4n) is 3.69. The molecule has 2 atom stereocenters. The molecule has 1 fully saturated rings. The van der Waals surface area contributed by atoms with Crippen molar-refractivity contribution in [1.82, 2.24) is 0 Å². The van der Waals surface area contributed by atoms with Gasteiger partial charge in [-0.1, -0.05) is 18.6 Å². The van der Waals surface area contributed by atoms with Gasteiger partial charge in [0.15, 0.2) is 0 Å². The molecule has 0 aromatic carbocycles. The van der Waals surface area contributed by atoms with Crippen molar-refractivity contribution in [1.29, 1.82) is 0 Å². The van der Waals surface area contributed by atoms with E-state index in [0.29, 0.717) is 11.8 Å². The molecule has 0 saturated heterocycles. The van der Waals surface area contributed by atoms with E-state index < -0.39 is 0 Å². The second-order valence-corrected chi connectivity index (χ2v) is 5.52. The van der Waals surface area contributed by atoms with Crippen LogP contribution in [-0.4, -0.2) is 11.8 Å². The van der Waals surface area contributed by atoms with Crippen LogP contribution in [0.5, 0.6) is 0 Å². The summed E-state index contributed by atoms with van der Waals surface area (Å²) in [6, 6.07) is 0. The van der Waals surface area contributed by atoms with Crippen molar-refractivity contribution >= 4 is 11.8 Å². The van der Waals surface area contributed by atoms with E-state index in [1.54, 1.807) is 0 Å². The highest BCUT2D eigenvalue weighted by molar-refractivity contribution is 5.79. The van der Waals surface area contributed by atoms with Gasteiger partial charge in [0.25, 0.3) is 0 Å². The molecule has 0 radical (unpaired) electrons. The third-order valence-electron chi connectivity index (χ3n) is 4.33. The summed E-state index contributed by atoms with van der Waals surface area (Å²) in [5, 5.41) is 0. The standard InChI is InChI=1S/C13H20N2O2/c1-2-8-3-9-5-13(6-11(14)16,7-12(15)17)10(9)4-8/h4,9-10H,2-3,5-7H2,1H3,(H2,14,16)(H2,15,17)/t9-,10-/m1/s1. The molecular weight excluding hydrogens is 216 g/mol. The van der Waals surface area contributed by atoms with Crippen LogP contribution in [-0.2, 0) is 9.59 Å². The van der Waals surface area contributed by atoms with Gasteiger partial charge in [-0.25, -0.2) is 0 Å². The summed E-state index contributed by atoms with van der Waals surface area (Å²) in [4.78, 5) is 22.4. The number of primary amides is 2. The Bertz CT molecular complexity index is 371. The predicted molar refractivity (Wildman–Crippen MR) is 64.6 cm³/mol. The van der Waals surface area contributed by atoms with Crippen molar-refractivity contribution in [2.45, 2.75) is 39.0 Å². The van der Waals surface area contributed by atoms with E-state index in [9.17, 15) is 9.59 Å². The Morgan fingerprint density at radius 2 is 1.94 bits per heavy atom. The second-order valence-electron chi connectivity index (χ2n) is 5.52. The van der Waals surface area contributed by atoms with Crippen LogP contribution in [0.25, 0.3) is 0 Å². The van der Waals surface area contributed by atoms with Gasteiger partial charge in [-0.15, -0.1) is 0 Å². The van der Waals surface area contributed by atoms with E-state index in [0.717, 1.165) is 19.3 Å². The summed E-state index contributed by atoms with van der Waals surface area (Å²) in [5.74, 6) is 0.271. The first-order valence-corrected chi connectivity index (χ1v) is 6.23. The molecule has 2 aliphatic rings. The third kappa shape index (κ3) is 2.08. The van der Waals surface area contributed by atoms with E-state index in [-0.39, 0.29) is 30.1 Å². The van der Waals surface area contributed by atoms with Crippen molar-refractivity contribution in [3.05, 3.63) is 11.6 Å². The van der Waals surface area contributed by atoms with Crippen LogP contribution in [0, 0.1) is 17.3 Å². The van der Waals surface area contributed by atoms with Crippen molar-refractivity contribution in [2.75, 3.05) is 0 Å². The number of hydrogen-bond acceptors (Lipinski definition) is 2. The first kappa shape index (κ1) is 12.1. The molecule has 17 heavy (non-hydrogen) atoms. The summed E-state index contributed by atoms with van der Waals surface area (Å²) in [6.07, 6.45) is 5.88.